The van der Waals surface area contributed by atoms with Crippen molar-refractivity contribution in [1.29, 1.82) is 0 Å². The maximum absolute atomic E-state index is 13.6. The Hall–Kier alpha value is -2.38. The summed E-state index contributed by atoms with van der Waals surface area (Å²) in [6, 6.07) is 10.8. The van der Waals surface area contributed by atoms with Crippen molar-refractivity contribution >= 4 is 52.5 Å². The summed E-state index contributed by atoms with van der Waals surface area (Å²) in [5.74, 6) is -1.71. The first-order chi connectivity index (χ1) is 12.9. The number of imide groups is 1. The fourth-order valence-corrected chi connectivity index (χ4v) is 5.03. The molecule has 2 aliphatic heterocycles. The van der Waals surface area contributed by atoms with Gasteiger partial charge >= 0.3 is 0 Å². The number of hydrogen-bond acceptors (Lipinski definition) is 4. The quantitative estimate of drug-likeness (QED) is 0.765. The first-order valence-corrected chi connectivity index (χ1v) is 9.67. The van der Waals surface area contributed by atoms with E-state index in [1.54, 1.807) is 31.2 Å². The smallest absolute Gasteiger partial charge is 0.275 e. The van der Waals surface area contributed by atoms with Gasteiger partial charge in [-0.15, -0.1) is 11.8 Å². The number of carbonyl (C=O) groups is 3. The number of para-hydroxylation sites is 1. The van der Waals surface area contributed by atoms with Crippen molar-refractivity contribution in [2.75, 3.05) is 15.6 Å². The number of halogens is 2. The Kier molecular flexibility index (Phi) is 4.24. The van der Waals surface area contributed by atoms with Gasteiger partial charge in [0.25, 0.3) is 5.91 Å². The van der Waals surface area contributed by atoms with Gasteiger partial charge in [0.15, 0.2) is 0 Å². The van der Waals surface area contributed by atoms with Crippen LogP contribution in [0.25, 0.3) is 0 Å². The van der Waals surface area contributed by atoms with E-state index in [2.05, 4.69) is 0 Å². The van der Waals surface area contributed by atoms with Crippen molar-refractivity contribution in [2.45, 2.75) is 18.2 Å². The minimum Gasteiger partial charge on any atom is -0.283 e. The van der Waals surface area contributed by atoms with E-state index >= 15 is 0 Å². The Labute approximate surface area is 164 Å². The van der Waals surface area contributed by atoms with Crippen molar-refractivity contribution in [3.05, 3.63) is 58.9 Å². The molecule has 1 spiro atoms. The molecule has 0 aromatic heterocycles. The van der Waals surface area contributed by atoms with Crippen molar-refractivity contribution in [3.63, 3.8) is 0 Å². The number of benzene rings is 2. The van der Waals surface area contributed by atoms with Crippen molar-refractivity contribution in [1.82, 2.24) is 0 Å². The molecule has 2 aromatic rings. The topological polar surface area (TPSA) is 57.7 Å². The molecule has 0 saturated carbocycles. The molecule has 2 aromatic carbocycles. The molecule has 8 heteroatoms. The highest BCUT2D eigenvalue weighted by Crippen LogP contribution is 2.55. The molecule has 1 atom stereocenters. The third kappa shape index (κ3) is 2.41. The van der Waals surface area contributed by atoms with Gasteiger partial charge in [-0.25, -0.2) is 9.29 Å². The van der Waals surface area contributed by atoms with Crippen LogP contribution in [0.3, 0.4) is 0 Å². The number of hydrogen-bond donors (Lipinski definition) is 0. The van der Waals surface area contributed by atoms with Crippen LogP contribution in [0.15, 0.2) is 42.5 Å². The van der Waals surface area contributed by atoms with Gasteiger partial charge in [-0.3, -0.25) is 19.3 Å². The molecule has 0 aliphatic carbocycles. The summed E-state index contributed by atoms with van der Waals surface area (Å²) in [7, 11) is 0. The van der Waals surface area contributed by atoms with E-state index in [1.165, 1.54) is 17.0 Å². The van der Waals surface area contributed by atoms with E-state index in [0.29, 0.717) is 16.9 Å². The zero-order valence-corrected chi connectivity index (χ0v) is 15.8. The van der Waals surface area contributed by atoms with Crippen LogP contribution in [0.1, 0.15) is 18.9 Å². The van der Waals surface area contributed by atoms with Gasteiger partial charge < -0.3 is 0 Å². The van der Waals surface area contributed by atoms with Crippen molar-refractivity contribution in [2.24, 2.45) is 0 Å². The molecule has 0 N–H and O–H groups in total. The number of amides is 3. The lowest BCUT2D eigenvalue weighted by molar-refractivity contribution is -0.128. The Morgan fingerprint density at radius 3 is 2.70 bits per heavy atom. The fraction of sp³-hybridized carbons (Fsp3) is 0.211. The van der Waals surface area contributed by atoms with E-state index in [-0.39, 0.29) is 29.0 Å². The molecule has 4 rings (SSSR count). The zero-order valence-electron chi connectivity index (χ0n) is 14.2. The lowest BCUT2D eigenvalue weighted by Crippen LogP contribution is -2.50. The molecule has 2 heterocycles. The summed E-state index contributed by atoms with van der Waals surface area (Å²) >= 11 is 7.06. The van der Waals surface area contributed by atoms with Gasteiger partial charge in [-0.2, -0.15) is 0 Å². The van der Waals surface area contributed by atoms with Gasteiger partial charge in [0.2, 0.25) is 16.7 Å². The molecule has 27 heavy (non-hydrogen) atoms. The van der Waals surface area contributed by atoms with E-state index < -0.39 is 16.6 Å². The van der Waals surface area contributed by atoms with Gasteiger partial charge in [0.05, 0.1) is 16.5 Å². The molecule has 1 saturated heterocycles. The normalized spacial score (nSPS) is 21.3. The summed E-state index contributed by atoms with van der Waals surface area (Å²) in [5, 5.41) is -0.146. The van der Waals surface area contributed by atoms with Crippen LogP contribution in [-0.4, -0.2) is 23.5 Å². The lowest BCUT2D eigenvalue weighted by atomic mass is 10.0. The first kappa shape index (κ1) is 18.0. The second-order valence-electron chi connectivity index (χ2n) is 6.17. The molecular weight excluding hydrogens is 391 g/mol. The highest BCUT2D eigenvalue weighted by Gasteiger charge is 2.62. The molecule has 1 fully saturated rings. The van der Waals surface area contributed by atoms with Crippen molar-refractivity contribution in [3.8, 4) is 0 Å². The van der Waals surface area contributed by atoms with E-state index in [9.17, 15) is 18.8 Å². The number of thioether (sulfide) groups is 1. The number of nitrogens with zero attached hydrogens (tertiary/aromatic N) is 2. The molecule has 0 bridgehead atoms. The Morgan fingerprint density at radius 1 is 1.26 bits per heavy atom. The largest absolute Gasteiger partial charge is 0.283 e. The first-order valence-electron chi connectivity index (χ1n) is 8.30. The predicted octanol–water partition coefficient (Wildman–Crippen LogP) is 3.70. The lowest BCUT2D eigenvalue weighted by Gasteiger charge is -2.33. The van der Waals surface area contributed by atoms with Crippen LogP contribution >= 0.6 is 23.4 Å². The summed E-state index contributed by atoms with van der Waals surface area (Å²) in [6.45, 7) is 1.67. The molecular formula is C19H14ClFN2O3S. The Balaban J connectivity index is 1.95. The molecule has 3 amide bonds. The summed E-state index contributed by atoms with van der Waals surface area (Å²) < 4.78 is 13.6. The average molecular weight is 405 g/mol. The summed E-state index contributed by atoms with van der Waals surface area (Å²) in [5.41, 5.74) is 1.34. The third-order valence-corrected chi connectivity index (χ3v) is 6.36. The molecule has 138 valence electrons. The van der Waals surface area contributed by atoms with E-state index in [1.807, 2.05) is 0 Å². The number of fused-ring (bicyclic) bond motifs is 2. The SMILES string of the molecule is CCC(=O)N1C(=O)[C@@]2(SCC(=O)N2c2ccc(F)c(Cl)c2)c2ccccc21. The number of anilines is 2. The van der Waals surface area contributed by atoms with Gasteiger partial charge in [0.1, 0.15) is 5.82 Å². The standard InChI is InChI=1S/C19H14ClFN2O3S/c1-2-16(24)22-15-6-4-3-5-12(15)19(18(22)26)23(17(25)10-27-19)11-7-8-14(21)13(20)9-11/h3-9H,2,10H2,1H3/t19-/m0/s1. The maximum Gasteiger partial charge on any atom is 0.275 e. The Bertz CT molecular complexity index is 999. The number of carbonyl (C=O) groups excluding carboxylic acids is 3. The molecule has 0 radical (unpaired) electrons. The molecule has 5 nitrogen and oxygen atoms in total. The van der Waals surface area contributed by atoms with Crippen molar-refractivity contribution < 1.29 is 18.8 Å². The highest BCUT2D eigenvalue weighted by molar-refractivity contribution is 8.02. The van der Waals surface area contributed by atoms with Crippen LogP contribution in [0.5, 0.6) is 0 Å². The number of rotatable bonds is 2. The van der Waals surface area contributed by atoms with Gasteiger partial charge in [0, 0.05) is 17.7 Å². The average Bonchev–Trinajstić information content (AvgIpc) is 3.14. The van der Waals surface area contributed by atoms with E-state index in [0.717, 1.165) is 22.7 Å². The second-order valence-corrected chi connectivity index (χ2v) is 7.74. The van der Waals surface area contributed by atoms with Crippen LogP contribution in [0, 0.1) is 5.82 Å². The van der Waals surface area contributed by atoms with Crippen LogP contribution in [0.2, 0.25) is 5.02 Å². The highest BCUT2D eigenvalue weighted by atomic mass is 35.5. The third-order valence-electron chi connectivity index (χ3n) is 4.69. The predicted molar refractivity (Wildman–Crippen MR) is 102 cm³/mol. The second kappa shape index (κ2) is 6.35. The zero-order chi connectivity index (χ0) is 19.3. The Morgan fingerprint density at radius 2 is 2.00 bits per heavy atom. The summed E-state index contributed by atoms with van der Waals surface area (Å²) in [4.78, 5) is 39.7. The maximum atomic E-state index is 13.6. The summed E-state index contributed by atoms with van der Waals surface area (Å²) in [6.07, 6.45) is 0.150. The van der Waals surface area contributed by atoms with E-state index in [4.69, 9.17) is 11.6 Å². The van der Waals surface area contributed by atoms with Crippen LogP contribution in [-0.2, 0) is 19.3 Å². The minimum atomic E-state index is -1.40. The van der Waals surface area contributed by atoms with Gasteiger partial charge in [-0.1, -0.05) is 36.7 Å². The molecule has 2 aliphatic rings. The molecule has 0 unspecified atom stereocenters. The fourth-order valence-electron chi connectivity index (χ4n) is 3.51. The minimum absolute atomic E-state index is 0.0588. The monoisotopic (exact) mass is 404 g/mol. The van der Waals surface area contributed by atoms with Crippen LogP contribution in [0.4, 0.5) is 15.8 Å². The van der Waals surface area contributed by atoms with Crippen LogP contribution < -0.4 is 9.80 Å². The van der Waals surface area contributed by atoms with Gasteiger partial charge in [-0.05, 0) is 24.3 Å².